The number of halogens is 1. The third-order valence-corrected chi connectivity index (χ3v) is 10.6. The van der Waals surface area contributed by atoms with Crippen LogP contribution in [0.4, 0.5) is 11.4 Å². The zero-order valence-electron chi connectivity index (χ0n) is 21.6. The van der Waals surface area contributed by atoms with Crippen molar-refractivity contribution < 1.29 is 26.4 Å². The van der Waals surface area contributed by atoms with Gasteiger partial charge >= 0.3 is 0 Å². The van der Waals surface area contributed by atoms with Gasteiger partial charge in [0, 0.05) is 23.8 Å². The van der Waals surface area contributed by atoms with Gasteiger partial charge in [0.1, 0.15) is 17.2 Å². The molecule has 1 N–H and O–H groups in total. The highest BCUT2D eigenvalue weighted by Gasteiger charge is 2.30. The Balaban J connectivity index is 1.65. The Morgan fingerprint density at radius 3 is 2.31 bits per heavy atom. The van der Waals surface area contributed by atoms with E-state index >= 15 is 0 Å². The van der Waals surface area contributed by atoms with Crippen LogP contribution in [0.25, 0.3) is 0 Å². The molecule has 3 aromatic carbocycles. The summed E-state index contributed by atoms with van der Waals surface area (Å²) in [5.74, 6) is -0.515. The topological polar surface area (TPSA) is 113 Å². The van der Waals surface area contributed by atoms with Crippen LogP contribution >= 0.6 is 11.6 Å². The van der Waals surface area contributed by atoms with E-state index in [0.29, 0.717) is 18.1 Å². The molecule has 1 aliphatic rings. The number of nitrogens with zero attached hydrogens (tertiary/aromatic N) is 2. The summed E-state index contributed by atoms with van der Waals surface area (Å²) in [5, 5.41) is 2.99. The lowest BCUT2D eigenvalue weighted by Gasteiger charge is -2.27. The minimum atomic E-state index is -4.14. The first kappa shape index (κ1) is 28.9. The molecule has 1 heterocycles. The van der Waals surface area contributed by atoms with Crippen LogP contribution in [0.15, 0.2) is 76.5 Å². The van der Waals surface area contributed by atoms with Crippen LogP contribution in [-0.2, 0) is 24.8 Å². The number of rotatable bonds is 9. The van der Waals surface area contributed by atoms with Gasteiger partial charge < -0.3 is 10.1 Å². The summed E-state index contributed by atoms with van der Waals surface area (Å²) >= 11 is 6.28. The molecule has 39 heavy (non-hydrogen) atoms. The molecule has 0 aromatic heterocycles. The molecule has 3 aromatic rings. The fraction of sp³-hybridized carbons (Fsp3) is 0.296. The van der Waals surface area contributed by atoms with Crippen molar-refractivity contribution in [2.24, 2.45) is 0 Å². The predicted octanol–water partition coefficient (Wildman–Crippen LogP) is 4.67. The normalized spacial score (nSPS) is 14.5. The van der Waals surface area contributed by atoms with Gasteiger partial charge in [0.25, 0.3) is 10.0 Å². The van der Waals surface area contributed by atoms with Crippen molar-refractivity contribution in [1.82, 2.24) is 4.31 Å². The number of ether oxygens (including phenoxy) is 1. The summed E-state index contributed by atoms with van der Waals surface area (Å²) in [4.78, 5) is 13.1. The van der Waals surface area contributed by atoms with Crippen molar-refractivity contribution in [2.75, 3.05) is 36.4 Å². The van der Waals surface area contributed by atoms with Crippen LogP contribution < -0.4 is 14.4 Å². The first-order valence-corrected chi connectivity index (χ1v) is 15.6. The van der Waals surface area contributed by atoms with E-state index in [2.05, 4.69) is 5.32 Å². The molecule has 208 valence electrons. The number of piperidine rings is 1. The Morgan fingerprint density at radius 1 is 0.974 bits per heavy atom. The van der Waals surface area contributed by atoms with Crippen LogP contribution in [0.3, 0.4) is 0 Å². The van der Waals surface area contributed by atoms with E-state index in [1.165, 1.54) is 47.8 Å². The average molecular weight is 592 g/mol. The average Bonchev–Trinajstić information content (AvgIpc) is 2.94. The summed E-state index contributed by atoms with van der Waals surface area (Å²) in [7, 11) is -6.62. The quantitative estimate of drug-likeness (QED) is 0.387. The molecule has 0 unspecified atom stereocenters. The summed E-state index contributed by atoms with van der Waals surface area (Å²) in [6.07, 6.45) is 2.51. The molecule has 0 radical (unpaired) electrons. The summed E-state index contributed by atoms with van der Waals surface area (Å²) in [6.45, 7) is 2.03. The number of methoxy groups -OCH3 is 1. The third kappa shape index (κ3) is 6.38. The van der Waals surface area contributed by atoms with E-state index in [9.17, 15) is 21.6 Å². The molecule has 1 aliphatic heterocycles. The lowest BCUT2D eigenvalue weighted by atomic mass is 10.2. The van der Waals surface area contributed by atoms with E-state index in [0.717, 1.165) is 29.1 Å². The van der Waals surface area contributed by atoms with Gasteiger partial charge in [0.15, 0.2) is 0 Å². The largest absolute Gasteiger partial charge is 0.495 e. The second-order valence-corrected chi connectivity index (χ2v) is 13.3. The summed E-state index contributed by atoms with van der Waals surface area (Å²) in [5.41, 5.74) is 1.16. The second-order valence-electron chi connectivity index (χ2n) is 9.14. The number of aryl methyl sites for hydroxylation is 1. The van der Waals surface area contributed by atoms with Crippen molar-refractivity contribution in [3.8, 4) is 5.75 Å². The molecule has 0 atom stereocenters. The van der Waals surface area contributed by atoms with Crippen molar-refractivity contribution in [3.05, 3.63) is 77.3 Å². The smallest absolute Gasteiger partial charge is 0.264 e. The number of hydrogen-bond donors (Lipinski definition) is 1. The number of carbonyl (C=O) groups excluding carboxylic acids is 1. The standard InChI is InChI=1S/C27H30ClN3O6S2/c1-20-11-13-22(18-24(20)28)31(38(33,34)23-9-5-3-6-10-23)19-27(32)29-21-12-14-25(37-2)26(17-21)39(35,36)30-15-7-4-8-16-30/h3,5-6,9-14,17-18H,4,7-8,15-16,19H2,1-2H3,(H,29,32). The van der Waals surface area contributed by atoms with E-state index in [1.54, 1.807) is 37.3 Å². The van der Waals surface area contributed by atoms with E-state index < -0.39 is 32.5 Å². The summed E-state index contributed by atoms with van der Waals surface area (Å²) < 4.78 is 61.5. The fourth-order valence-electron chi connectivity index (χ4n) is 4.30. The minimum absolute atomic E-state index is 0.00820. The number of sulfonamides is 2. The molecule has 1 amide bonds. The zero-order chi connectivity index (χ0) is 28.2. The molecule has 1 fully saturated rings. The van der Waals surface area contributed by atoms with Crippen molar-refractivity contribution in [2.45, 2.75) is 36.0 Å². The van der Waals surface area contributed by atoms with E-state index in [4.69, 9.17) is 16.3 Å². The molecule has 0 saturated carbocycles. The molecule has 1 saturated heterocycles. The molecular weight excluding hydrogens is 562 g/mol. The van der Waals surface area contributed by atoms with Gasteiger partial charge in [-0.25, -0.2) is 16.8 Å². The van der Waals surface area contributed by atoms with Gasteiger partial charge in [-0.1, -0.05) is 42.3 Å². The maximum atomic E-state index is 13.6. The van der Waals surface area contributed by atoms with Crippen LogP contribution in [0, 0.1) is 6.92 Å². The molecule has 12 heteroatoms. The maximum Gasteiger partial charge on any atom is 0.264 e. The van der Waals surface area contributed by atoms with Crippen LogP contribution in [-0.4, -0.2) is 53.8 Å². The fourth-order valence-corrected chi connectivity index (χ4v) is 7.61. The van der Waals surface area contributed by atoms with Crippen molar-refractivity contribution in [1.29, 1.82) is 0 Å². The molecule has 9 nitrogen and oxygen atoms in total. The SMILES string of the molecule is COc1ccc(NC(=O)CN(c2ccc(C)c(Cl)c2)S(=O)(=O)c2ccccc2)cc1S(=O)(=O)N1CCCCC1. The first-order chi connectivity index (χ1) is 18.5. The van der Waals surface area contributed by atoms with Crippen molar-refractivity contribution >= 4 is 48.9 Å². The van der Waals surface area contributed by atoms with Gasteiger partial charge in [0.05, 0.1) is 17.7 Å². The maximum absolute atomic E-state index is 13.6. The van der Waals surface area contributed by atoms with Gasteiger partial charge in [0.2, 0.25) is 15.9 Å². The van der Waals surface area contributed by atoms with Gasteiger partial charge in [-0.15, -0.1) is 0 Å². The van der Waals surface area contributed by atoms with Gasteiger partial charge in [-0.3, -0.25) is 9.10 Å². The van der Waals surface area contributed by atoms with Crippen LogP contribution in [0.5, 0.6) is 5.75 Å². The lowest BCUT2D eigenvalue weighted by molar-refractivity contribution is -0.114. The van der Waals surface area contributed by atoms with E-state index in [-0.39, 0.29) is 26.9 Å². The van der Waals surface area contributed by atoms with Crippen molar-refractivity contribution in [3.63, 3.8) is 0 Å². The predicted molar refractivity (Wildman–Crippen MR) is 151 cm³/mol. The Morgan fingerprint density at radius 2 is 1.67 bits per heavy atom. The molecule has 0 bridgehead atoms. The molecule has 4 rings (SSSR count). The highest BCUT2D eigenvalue weighted by atomic mass is 35.5. The van der Waals surface area contributed by atoms with Gasteiger partial charge in [-0.2, -0.15) is 4.31 Å². The van der Waals surface area contributed by atoms with Gasteiger partial charge in [-0.05, 0) is 67.8 Å². The molecular formula is C27H30ClN3O6S2. The lowest BCUT2D eigenvalue weighted by Crippen LogP contribution is -2.38. The first-order valence-electron chi connectivity index (χ1n) is 12.4. The minimum Gasteiger partial charge on any atom is -0.495 e. The number of nitrogens with one attached hydrogen (secondary N) is 1. The highest BCUT2D eigenvalue weighted by molar-refractivity contribution is 7.92. The number of carbonyl (C=O) groups is 1. The third-order valence-electron chi connectivity index (χ3n) is 6.44. The highest BCUT2D eigenvalue weighted by Crippen LogP contribution is 2.32. The van der Waals surface area contributed by atoms with E-state index in [1.807, 2.05) is 0 Å². The monoisotopic (exact) mass is 591 g/mol. The zero-order valence-corrected chi connectivity index (χ0v) is 24.0. The Kier molecular flexibility index (Phi) is 8.85. The number of amides is 1. The van der Waals surface area contributed by atoms with Crippen LogP contribution in [0.1, 0.15) is 24.8 Å². The Labute approximate surface area is 234 Å². The molecule has 0 aliphatic carbocycles. The molecule has 0 spiro atoms. The number of anilines is 2. The van der Waals surface area contributed by atoms with Crippen LogP contribution in [0.2, 0.25) is 5.02 Å². The summed E-state index contributed by atoms with van der Waals surface area (Å²) in [6, 6.07) is 16.8. The Bertz CT molecular complexity index is 1560. The number of benzene rings is 3. The second kappa shape index (κ2) is 12.0. The Hall–Kier alpha value is -3.12. The number of hydrogen-bond acceptors (Lipinski definition) is 6.